The number of hydrogen-bond acceptors (Lipinski definition) is 4. The maximum absolute atomic E-state index is 11.9. The SMILES string of the molecule is CC(C)C(=O)N1CC2(C[C@@H](Oc3ccccn3)CS2)C1. The molecule has 5 heteroatoms. The molecule has 4 nitrogen and oxygen atoms in total. The smallest absolute Gasteiger partial charge is 0.225 e. The molecule has 20 heavy (non-hydrogen) atoms. The number of hydrogen-bond donors (Lipinski definition) is 0. The number of aromatic nitrogens is 1. The first-order chi connectivity index (χ1) is 9.58. The Hall–Kier alpha value is -1.23. The number of likely N-dealkylation sites (tertiary alicyclic amines) is 1. The Morgan fingerprint density at radius 1 is 1.50 bits per heavy atom. The molecule has 2 aliphatic heterocycles. The zero-order chi connectivity index (χ0) is 14.2. The van der Waals surface area contributed by atoms with Crippen LogP contribution in [0, 0.1) is 5.92 Å². The van der Waals surface area contributed by atoms with Crippen LogP contribution in [0.15, 0.2) is 24.4 Å². The molecule has 0 aliphatic carbocycles. The zero-order valence-corrected chi connectivity index (χ0v) is 12.7. The molecule has 1 atom stereocenters. The van der Waals surface area contributed by atoms with E-state index in [0.717, 1.165) is 25.3 Å². The van der Waals surface area contributed by atoms with E-state index in [1.807, 2.05) is 48.7 Å². The van der Waals surface area contributed by atoms with E-state index in [1.165, 1.54) is 0 Å². The van der Waals surface area contributed by atoms with E-state index in [1.54, 1.807) is 6.20 Å². The van der Waals surface area contributed by atoms with E-state index in [-0.39, 0.29) is 22.7 Å². The van der Waals surface area contributed by atoms with Crippen molar-refractivity contribution < 1.29 is 9.53 Å². The Bertz CT molecular complexity index is 486. The first-order valence-electron chi connectivity index (χ1n) is 7.08. The molecule has 2 saturated heterocycles. The average Bonchev–Trinajstić information content (AvgIpc) is 2.81. The standard InChI is InChI=1S/C15H20N2O2S/c1-11(2)14(18)17-9-15(10-17)7-12(8-20-15)19-13-5-3-4-6-16-13/h3-6,11-12H,7-10H2,1-2H3/t12-/m1/s1. The van der Waals surface area contributed by atoms with Crippen molar-refractivity contribution >= 4 is 17.7 Å². The van der Waals surface area contributed by atoms with Gasteiger partial charge in [0.1, 0.15) is 6.10 Å². The van der Waals surface area contributed by atoms with E-state index < -0.39 is 0 Å². The molecular formula is C15H20N2O2S. The molecule has 2 aliphatic rings. The van der Waals surface area contributed by atoms with Crippen LogP contribution in [0.4, 0.5) is 0 Å². The van der Waals surface area contributed by atoms with Crippen molar-refractivity contribution in [3.8, 4) is 5.88 Å². The van der Waals surface area contributed by atoms with E-state index in [4.69, 9.17) is 4.74 Å². The van der Waals surface area contributed by atoms with Crippen LogP contribution in [0.2, 0.25) is 0 Å². The Balaban J connectivity index is 1.53. The van der Waals surface area contributed by atoms with E-state index >= 15 is 0 Å². The normalized spacial score (nSPS) is 23.9. The van der Waals surface area contributed by atoms with Gasteiger partial charge in [-0.2, -0.15) is 0 Å². The van der Waals surface area contributed by atoms with Gasteiger partial charge >= 0.3 is 0 Å². The molecule has 1 spiro atoms. The highest BCUT2D eigenvalue weighted by atomic mass is 32.2. The summed E-state index contributed by atoms with van der Waals surface area (Å²) >= 11 is 1.95. The highest BCUT2D eigenvalue weighted by Crippen LogP contribution is 2.46. The van der Waals surface area contributed by atoms with Crippen LogP contribution in [0.1, 0.15) is 20.3 Å². The topological polar surface area (TPSA) is 42.4 Å². The quantitative estimate of drug-likeness (QED) is 0.856. The van der Waals surface area contributed by atoms with Crippen molar-refractivity contribution in [3.63, 3.8) is 0 Å². The summed E-state index contributed by atoms with van der Waals surface area (Å²) in [5.74, 6) is 2.05. The summed E-state index contributed by atoms with van der Waals surface area (Å²) in [5, 5.41) is 0. The highest BCUT2D eigenvalue weighted by Gasteiger charge is 2.51. The van der Waals surface area contributed by atoms with Crippen LogP contribution in [0.25, 0.3) is 0 Å². The van der Waals surface area contributed by atoms with Crippen LogP contribution in [0.3, 0.4) is 0 Å². The molecule has 0 radical (unpaired) electrons. The number of thioether (sulfide) groups is 1. The van der Waals surface area contributed by atoms with Crippen LogP contribution >= 0.6 is 11.8 Å². The van der Waals surface area contributed by atoms with Gasteiger partial charge in [-0.05, 0) is 6.07 Å². The zero-order valence-electron chi connectivity index (χ0n) is 11.9. The Labute approximate surface area is 123 Å². The van der Waals surface area contributed by atoms with Crippen molar-refractivity contribution in [2.24, 2.45) is 5.92 Å². The van der Waals surface area contributed by atoms with Gasteiger partial charge in [0.05, 0.1) is 4.75 Å². The predicted octanol–water partition coefficient (Wildman–Crippen LogP) is 2.20. The Morgan fingerprint density at radius 3 is 2.95 bits per heavy atom. The number of rotatable bonds is 3. The van der Waals surface area contributed by atoms with Crippen LogP contribution < -0.4 is 4.74 Å². The van der Waals surface area contributed by atoms with E-state index in [9.17, 15) is 4.79 Å². The molecule has 1 amide bonds. The molecular weight excluding hydrogens is 272 g/mol. The number of amides is 1. The first-order valence-corrected chi connectivity index (χ1v) is 8.07. The molecule has 1 aromatic heterocycles. The number of pyridine rings is 1. The molecule has 108 valence electrons. The lowest BCUT2D eigenvalue weighted by Crippen LogP contribution is -2.61. The summed E-state index contributed by atoms with van der Waals surface area (Å²) in [4.78, 5) is 18.1. The number of carbonyl (C=O) groups excluding carboxylic acids is 1. The van der Waals surface area contributed by atoms with Crippen LogP contribution in [-0.2, 0) is 4.79 Å². The van der Waals surface area contributed by atoms with Gasteiger partial charge in [-0.1, -0.05) is 19.9 Å². The van der Waals surface area contributed by atoms with Crippen molar-refractivity contribution in [2.45, 2.75) is 31.1 Å². The summed E-state index contributed by atoms with van der Waals surface area (Å²) < 4.78 is 6.14. The second-order valence-corrected chi connectivity index (χ2v) is 7.44. The maximum Gasteiger partial charge on any atom is 0.225 e. The fourth-order valence-corrected chi connectivity index (χ4v) is 4.38. The monoisotopic (exact) mass is 292 g/mol. The minimum Gasteiger partial charge on any atom is -0.473 e. The van der Waals surface area contributed by atoms with Crippen molar-refractivity contribution in [1.29, 1.82) is 0 Å². The summed E-state index contributed by atoms with van der Waals surface area (Å²) in [6, 6.07) is 5.72. The van der Waals surface area contributed by atoms with E-state index in [0.29, 0.717) is 5.88 Å². The van der Waals surface area contributed by atoms with Crippen molar-refractivity contribution in [2.75, 3.05) is 18.8 Å². The van der Waals surface area contributed by atoms with Gasteiger partial charge in [0.25, 0.3) is 0 Å². The van der Waals surface area contributed by atoms with Gasteiger partial charge in [-0.15, -0.1) is 11.8 Å². The first kappa shape index (κ1) is 13.7. The Kier molecular flexibility index (Phi) is 3.63. The third kappa shape index (κ3) is 2.64. The van der Waals surface area contributed by atoms with Gasteiger partial charge in [-0.25, -0.2) is 4.98 Å². The fourth-order valence-electron chi connectivity index (χ4n) is 2.86. The number of carbonyl (C=O) groups is 1. The third-order valence-corrected chi connectivity index (χ3v) is 5.44. The summed E-state index contributed by atoms with van der Waals surface area (Å²) in [5.41, 5.74) is 0. The summed E-state index contributed by atoms with van der Waals surface area (Å²) in [7, 11) is 0. The average molecular weight is 292 g/mol. The lowest BCUT2D eigenvalue weighted by molar-refractivity contribution is -0.139. The number of ether oxygens (including phenoxy) is 1. The molecule has 0 saturated carbocycles. The summed E-state index contributed by atoms with van der Waals surface area (Å²) in [6.45, 7) is 5.66. The van der Waals surface area contributed by atoms with Crippen molar-refractivity contribution in [3.05, 3.63) is 24.4 Å². The minimum atomic E-state index is 0.0966. The van der Waals surface area contributed by atoms with E-state index in [2.05, 4.69) is 4.98 Å². The molecule has 0 unspecified atom stereocenters. The fraction of sp³-hybridized carbons (Fsp3) is 0.600. The predicted molar refractivity (Wildman–Crippen MR) is 79.9 cm³/mol. The number of nitrogens with zero attached hydrogens (tertiary/aromatic N) is 2. The van der Waals surface area contributed by atoms with Crippen LogP contribution in [0.5, 0.6) is 5.88 Å². The second kappa shape index (κ2) is 5.28. The van der Waals surface area contributed by atoms with Gasteiger partial charge in [0.2, 0.25) is 11.8 Å². The minimum absolute atomic E-state index is 0.0966. The third-order valence-electron chi connectivity index (χ3n) is 3.86. The second-order valence-electron chi connectivity index (χ2n) is 5.95. The van der Waals surface area contributed by atoms with Gasteiger partial charge < -0.3 is 9.64 Å². The van der Waals surface area contributed by atoms with Crippen LogP contribution in [-0.4, -0.2) is 45.5 Å². The molecule has 0 aromatic carbocycles. The molecule has 3 heterocycles. The largest absolute Gasteiger partial charge is 0.473 e. The molecule has 0 N–H and O–H groups in total. The summed E-state index contributed by atoms with van der Waals surface area (Å²) in [6.07, 6.45) is 2.97. The Morgan fingerprint density at radius 2 is 2.30 bits per heavy atom. The highest BCUT2D eigenvalue weighted by molar-refractivity contribution is 8.01. The van der Waals surface area contributed by atoms with Gasteiger partial charge in [0, 0.05) is 43.4 Å². The maximum atomic E-state index is 11.9. The molecule has 1 aromatic rings. The molecule has 2 fully saturated rings. The lowest BCUT2D eigenvalue weighted by atomic mass is 9.92. The van der Waals surface area contributed by atoms with Gasteiger partial charge in [0.15, 0.2) is 0 Å². The molecule has 0 bridgehead atoms. The molecule has 3 rings (SSSR count). The van der Waals surface area contributed by atoms with Crippen molar-refractivity contribution in [1.82, 2.24) is 9.88 Å². The van der Waals surface area contributed by atoms with Gasteiger partial charge in [-0.3, -0.25) is 4.79 Å². The lowest BCUT2D eigenvalue weighted by Gasteiger charge is -2.48.